The van der Waals surface area contributed by atoms with Crippen molar-refractivity contribution >= 4 is 0 Å². The van der Waals surface area contributed by atoms with Gasteiger partial charge in [-0.2, -0.15) is 0 Å². The number of allylic oxidation sites excluding steroid dienone is 2. The summed E-state index contributed by atoms with van der Waals surface area (Å²) in [6, 6.07) is 0. The van der Waals surface area contributed by atoms with Crippen LogP contribution in [0.4, 0.5) is 8.78 Å². The van der Waals surface area contributed by atoms with Crippen molar-refractivity contribution < 1.29 is 8.78 Å². The van der Waals surface area contributed by atoms with Crippen LogP contribution in [0.1, 0.15) is 6.42 Å². The van der Waals surface area contributed by atoms with Gasteiger partial charge < -0.3 is 0 Å². The Bertz CT molecular complexity index is 78.1. The van der Waals surface area contributed by atoms with Crippen molar-refractivity contribution in [1.29, 1.82) is 0 Å². The van der Waals surface area contributed by atoms with Gasteiger partial charge in [0.05, 0.1) is 0 Å². The second-order valence-corrected chi connectivity index (χ2v) is 1.65. The smallest absolute Gasteiger partial charge is 0.121 e. The zero-order valence-corrected chi connectivity index (χ0v) is 3.77. The van der Waals surface area contributed by atoms with Gasteiger partial charge in [0.15, 0.2) is 0 Å². The standard InChI is InChI=1S/C5H6F2/c6-4-1-2-5(7)3-4/h1-2,4-5H,3H2. The zero-order chi connectivity index (χ0) is 5.28. The molecule has 0 N–H and O–H groups in total. The monoisotopic (exact) mass is 104 g/mol. The number of alkyl halides is 2. The van der Waals surface area contributed by atoms with Gasteiger partial charge >= 0.3 is 0 Å². The molecule has 0 aliphatic heterocycles. The van der Waals surface area contributed by atoms with Crippen LogP contribution in [-0.2, 0) is 0 Å². The van der Waals surface area contributed by atoms with E-state index in [2.05, 4.69) is 0 Å². The Hall–Kier alpha value is -0.400. The molecule has 2 atom stereocenters. The van der Waals surface area contributed by atoms with Crippen LogP contribution in [0.5, 0.6) is 0 Å². The van der Waals surface area contributed by atoms with Gasteiger partial charge in [-0.1, -0.05) is 12.2 Å². The highest BCUT2D eigenvalue weighted by molar-refractivity contribution is 5.03. The van der Waals surface area contributed by atoms with E-state index in [0.29, 0.717) is 0 Å². The van der Waals surface area contributed by atoms with Crippen molar-refractivity contribution in [3.8, 4) is 0 Å². The van der Waals surface area contributed by atoms with Gasteiger partial charge in [-0.05, 0) is 0 Å². The normalized spacial score (nSPS) is 39.7. The number of hydrogen-bond donors (Lipinski definition) is 0. The highest BCUT2D eigenvalue weighted by Crippen LogP contribution is 2.15. The third-order valence-electron chi connectivity index (χ3n) is 0.979. The predicted octanol–water partition coefficient (Wildman–Crippen LogP) is 1.62. The van der Waals surface area contributed by atoms with E-state index in [-0.39, 0.29) is 6.42 Å². The molecule has 0 aromatic rings. The number of hydrogen-bond acceptors (Lipinski definition) is 0. The zero-order valence-electron chi connectivity index (χ0n) is 3.77. The third-order valence-corrected chi connectivity index (χ3v) is 0.979. The van der Waals surface area contributed by atoms with Crippen molar-refractivity contribution in [2.75, 3.05) is 0 Å². The van der Waals surface area contributed by atoms with Gasteiger partial charge in [0.2, 0.25) is 0 Å². The molecule has 0 aromatic carbocycles. The van der Waals surface area contributed by atoms with E-state index in [0.717, 1.165) is 0 Å². The molecule has 40 valence electrons. The van der Waals surface area contributed by atoms with Crippen LogP contribution in [-0.4, -0.2) is 12.3 Å². The Labute approximate surface area is 40.8 Å². The molecular weight excluding hydrogens is 98.1 g/mol. The molecule has 0 nitrogen and oxygen atoms in total. The summed E-state index contributed by atoms with van der Waals surface area (Å²) in [5.74, 6) is 0. The van der Waals surface area contributed by atoms with E-state index in [1.807, 2.05) is 0 Å². The van der Waals surface area contributed by atoms with Crippen molar-refractivity contribution in [1.82, 2.24) is 0 Å². The molecule has 1 rings (SSSR count). The molecule has 0 spiro atoms. The molecule has 1 aliphatic carbocycles. The van der Waals surface area contributed by atoms with Crippen molar-refractivity contribution in [3.05, 3.63) is 12.2 Å². The lowest BCUT2D eigenvalue weighted by Crippen LogP contribution is -1.94. The van der Waals surface area contributed by atoms with Gasteiger partial charge in [-0.3, -0.25) is 0 Å². The average Bonchev–Trinajstić information content (AvgIpc) is 1.87. The van der Waals surface area contributed by atoms with Gasteiger partial charge in [-0.25, -0.2) is 8.78 Å². The molecule has 2 unspecified atom stereocenters. The second kappa shape index (κ2) is 1.60. The maximum atomic E-state index is 11.8. The predicted molar refractivity (Wildman–Crippen MR) is 23.5 cm³/mol. The summed E-state index contributed by atoms with van der Waals surface area (Å²) in [4.78, 5) is 0. The van der Waals surface area contributed by atoms with Crippen LogP contribution in [0.25, 0.3) is 0 Å². The molecule has 1 aliphatic rings. The average molecular weight is 104 g/mol. The SMILES string of the molecule is FC1C=CC(F)C1. The maximum absolute atomic E-state index is 11.8. The Balaban J connectivity index is 2.42. The van der Waals surface area contributed by atoms with Crippen LogP contribution in [0, 0.1) is 0 Å². The van der Waals surface area contributed by atoms with E-state index >= 15 is 0 Å². The largest absolute Gasteiger partial charge is 0.243 e. The Kier molecular flexibility index (Phi) is 1.09. The highest BCUT2D eigenvalue weighted by Gasteiger charge is 2.15. The van der Waals surface area contributed by atoms with Crippen LogP contribution in [0.3, 0.4) is 0 Å². The maximum Gasteiger partial charge on any atom is 0.121 e. The lowest BCUT2D eigenvalue weighted by atomic mass is 10.3. The van der Waals surface area contributed by atoms with Crippen LogP contribution in [0.15, 0.2) is 12.2 Å². The first-order chi connectivity index (χ1) is 3.29. The van der Waals surface area contributed by atoms with Crippen LogP contribution in [0.2, 0.25) is 0 Å². The first kappa shape index (κ1) is 4.75. The molecule has 0 aromatic heterocycles. The molecule has 0 saturated carbocycles. The van der Waals surface area contributed by atoms with E-state index < -0.39 is 12.3 Å². The molecule has 0 bridgehead atoms. The van der Waals surface area contributed by atoms with E-state index in [1.54, 1.807) is 0 Å². The Morgan fingerprint density at radius 2 is 1.57 bits per heavy atom. The fourth-order valence-corrected chi connectivity index (χ4v) is 0.613. The molecule has 7 heavy (non-hydrogen) atoms. The van der Waals surface area contributed by atoms with Crippen molar-refractivity contribution in [2.45, 2.75) is 18.8 Å². The fraction of sp³-hybridized carbons (Fsp3) is 0.600. The van der Waals surface area contributed by atoms with Crippen LogP contribution >= 0.6 is 0 Å². The quantitative estimate of drug-likeness (QED) is 0.410. The minimum absolute atomic E-state index is 0.0278. The lowest BCUT2D eigenvalue weighted by molar-refractivity contribution is 0.311. The minimum Gasteiger partial charge on any atom is -0.243 e. The molecule has 0 heterocycles. The van der Waals surface area contributed by atoms with Gasteiger partial charge in [0.1, 0.15) is 12.3 Å². The summed E-state index contributed by atoms with van der Waals surface area (Å²) < 4.78 is 23.7. The van der Waals surface area contributed by atoms with Crippen molar-refractivity contribution in [2.24, 2.45) is 0 Å². The first-order valence-electron chi connectivity index (χ1n) is 2.25. The van der Waals surface area contributed by atoms with E-state index in [1.165, 1.54) is 12.2 Å². The lowest BCUT2D eigenvalue weighted by Gasteiger charge is -1.91. The summed E-state index contributed by atoms with van der Waals surface area (Å²) in [6.07, 6.45) is 0.472. The minimum atomic E-state index is -1.03. The second-order valence-electron chi connectivity index (χ2n) is 1.65. The summed E-state index contributed by atoms with van der Waals surface area (Å²) >= 11 is 0. The molecule has 2 heteroatoms. The van der Waals surface area contributed by atoms with Gasteiger partial charge in [0, 0.05) is 6.42 Å². The molecular formula is C5H6F2. The molecule has 0 amide bonds. The van der Waals surface area contributed by atoms with Crippen molar-refractivity contribution in [3.63, 3.8) is 0 Å². The highest BCUT2D eigenvalue weighted by atomic mass is 19.1. The molecule has 0 saturated heterocycles. The number of rotatable bonds is 0. The fourth-order valence-electron chi connectivity index (χ4n) is 0.613. The molecule has 0 radical (unpaired) electrons. The van der Waals surface area contributed by atoms with Gasteiger partial charge in [0.25, 0.3) is 0 Å². The Morgan fingerprint density at radius 1 is 1.14 bits per heavy atom. The topological polar surface area (TPSA) is 0 Å². The Morgan fingerprint density at radius 3 is 1.71 bits per heavy atom. The third kappa shape index (κ3) is 0.981. The first-order valence-corrected chi connectivity index (χ1v) is 2.25. The van der Waals surface area contributed by atoms with E-state index in [4.69, 9.17) is 0 Å². The number of halogens is 2. The summed E-state index contributed by atoms with van der Waals surface area (Å²) in [6.45, 7) is 0. The summed E-state index contributed by atoms with van der Waals surface area (Å²) in [5.41, 5.74) is 0. The van der Waals surface area contributed by atoms with E-state index in [9.17, 15) is 8.78 Å². The van der Waals surface area contributed by atoms with Crippen LogP contribution < -0.4 is 0 Å². The van der Waals surface area contributed by atoms with Gasteiger partial charge in [-0.15, -0.1) is 0 Å². The molecule has 0 fully saturated rings. The summed E-state index contributed by atoms with van der Waals surface area (Å²) in [5, 5.41) is 0. The summed E-state index contributed by atoms with van der Waals surface area (Å²) in [7, 11) is 0.